The third-order valence-electron chi connectivity index (χ3n) is 4.06. The van der Waals surface area contributed by atoms with E-state index < -0.39 is 16.7 Å². The lowest BCUT2D eigenvalue weighted by atomic mass is 9.90. The van der Waals surface area contributed by atoms with Gasteiger partial charge in [0.15, 0.2) is 5.13 Å². The highest BCUT2D eigenvalue weighted by Crippen LogP contribution is 2.47. The Bertz CT molecular complexity index is 462. The van der Waals surface area contributed by atoms with Crippen molar-refractivity contribution >= 4 is 16.5 Å². The van der Waals surface area contributed by atoms with Crippen LogP contribution in [0.1, 0.15) is 30.6 Å². The summed E-state index contributed by atoms with van der Waals surface area (Å²) in [4.78, 5) is 5.11. The van der Waals surface area contributed by atoms with Gasteiger partial charge < -0.3 is 10.0 Å². The van der Waals surface area contributed by atoms with Crippen molar-refractivity contribution in [3.63, 3.8) is 0 Å². The van der Waals surface area contributed by atoms with E-state index in [1.807, 2.05) is 4.90 Å². The van der Waals surface area contributed by atoms with Crippen molar-refractivity contribution in [2.45, 2.75) is 37.5 Å². The molecule has 1 aliphatic heterocycles. The van der Waals surface area contributed by atoms with E-state index in [2.05, 4.69) is 4.98 Å². The van der Waals surface area contributed by atoms with E-state index >= 15 is 0 Å². The molecule has 2 heterocycles. The van der Waals surface area contributed by atoms with Crippen molar-refractivity contribution in [1.29, 1.82) is 0 Å². The third kappa shape index (κ3) is 2.58. The minimum atomic E-state index is -4.31. The molecule has 19 heavy (non-hydrogen) atoms. The van der Waals surface area contributed by atoms with Gasteiger partial charge >= 0.3 is 6.18 Å². The Morgan fingerprint density at radius 1 is 1.32 bits per heavy atom. The second kappa shape index (κ2) is 4.34. The summed E-state index contributed by atoms with van der Waals surface area (Å²) in [7, 11) is 0. The fraction of sp³-hybridized carbons (Fsp3) is 0.750. The number of anilines is 1. The quantitative estimate of drug-likeness (QED) is 0.910. The van der Waals surface area contributed by atoms with Crippen LogP contribution in [0, 0.1) is 5.92 Å². The zero-order valence-corrected chi connectivity index (χ0v) is 11.1. The van der Waals surface area contributed by atoms with Crippen LogP contribution in [0.5, 0.6) is 0 Å². The molecular formula is C12H15F3N2OS. The Hall–Kier alpha value is -0.820. The van der Waals surface area contributed by atoms with Gasteiger partial charge in [0.2, 0.25) is 0 Å². The Morgan fingerprint density at radius 3 is 2.42 bits per heavy atom. The molecule has 3 rings (SSSR count). The van der Waals surface area contributed by atoms with Crippen molar-refractivity contribution in [2.75, 3.05) is 18.0 Å². The van der Waals surface area contributed by atoms with Crippen LogP contribution in [-0.4, -0.2) is 28.8 Å². The molecule has 0 spiro atoms. The van der Waals surface area contributed by atoms with Gasteiger partial charge in [-0.2, -0.15) is 13.2 Å². The topological polar surface area (TPSA) is 36.4 Å². The molecule has 1 aromatic rings. The van der Waals surface area contributed by atoms with Gasteiger partial charge in [-0.3, -0.25) is 0 Å². The van der Waals surface area contributed by atoms with Crippen molar-refractivity contribution in [3.05, 3.63) is 11.1 Å². The van der Waals surface area contributed by atoms with Crippen molar-refractivity contribution in [2.24, 2.45) is 5.92 Å². The second-order valence-electron chi connectivity index (χ2n) is 5.37. The number of thiazole rings is 1. The van der Waals surface area contributed by atoms with Gasteiger partial charge in [-0.05, 0) is 31.6 Å². The number of hydrogen-bond donors (Lipinski definition) is 1. The van der Waals surface area contributed by atoms with Crippen molar-refractivity contribution in [3.8, 4) is 0 Å². The monoisotopic (exact) mass is 292 g/mol. The minimum Gasteiger partial charge on any atom is -0.390 e. The highest BCUT2D eigenvalue weighted by molar-refractivity contribution is 7.15. The van der Waals surface area contributed by atoms with E-state index in [0.717, 1.165) is 31.9 Å². The van der Waals surface area contributed by atoms with Gasteiger partial charge in [-0.1, -0.05) is 11.3 Å². The van der Waals surface area contributed by atoms with E-state index in [4.69, 9.17) is 0 Å². The molecule has 2 aliphatic rings. The molecular weight excluding hydrogens is 277 g/mol. The first kappa shape index (κ1) is 13.2. The molecule has 106 valence electrons. The number of rotatable bonds is 2. The number of aromatic nitrogens is 1. The van der Waals surface area contributed by atoms with Gasteiger partial charge in [0.25, 0.3) is 0 Å². The van der Waals surface area contributed by atoms with Crippen LogP contribution in [0.3, 0.4) is 0 Å². The Kier molecular flexibility index (Phi) is 3.01. The summed E-state index contributed by atoms with van der Waals surface area (Å²) >= 11 is 0.698. The molecule has 0 unspecified atom stereocenters. The van der Waals surface area contributed by atoms with E-state index in [1.54, 1.807) is 0 Å². The smallest absolute Gasteiger partial charge is 0.390 e. The lowest BCUT2D eigenvalue weighted by Crippen LogP contribution is -2.38. The van der Waals surface area contributed by atoms with Crippen molar-refractivity contribution in [1.82, 2.24) is 4.98 Å². The molecule has 1 aliphatic carbocycles. The predicted octanol–water partition coefficient (Wildman–Crippen LogP) is 2.90. The molecule has 1 saturated carbocycles. The molecule has 0 amide bonds. The number of alkyl halides is 3. The molecule has 1 N–H and O–H groups in total. The van der Waals surface area contributed by atoms with E-state index in [1.165, 1.54) is 0 Å². The molecule has 1 saturated heterocycles. The lowest BCUT2D eigenvalue weighted by Gasteiger charge is -2.34. The first-order valence-electron chi connectivity index (χ1n) is 6.39. The van der Waals surface area contributed by atoms with Crippen LogP contribution < -0.4 is 4.90 Å². The van der Waals surface area contributed by atoms with Crippen LogP contribution in [-0.2, 0) is 6.18 Å². The minimum absolute atomic E-state index is 0.297. The average molecular weight is 292 g/mol. The Balaban J connectivity index is 1.63. The summed E-state index contributed by atoms with van der Waals surface area (Å²) in [6.07, 6.45) is -0.00688. The molecule has 1 aromatic heterocycles. The maximum absolute atomic E-state index is 12.5. The summed E-state index contributed by atoms with van der Waals surface area (Å²) < 4.78 is 37.5. The summed E-state index contributed by atoms with van der Waals surface area (Å²) in [6.45, 7) is 1.36. The maximum Gasteiger partial charge on any atom is 0.427 e. The SMILES string of the molecule is OC1(C2CCN(c3ncc(C(F)(F)F)s3)CC2)CC1. The number of piperidine rings is 1. The van der Waals surface area contributed by atoms with Crippen molar-refractivity contribution < 1.29 is 18.3 Å². The maximum atomic E-state index is 12.5. The van der Waals surface area contributed by atoms with Crippen LogP contribution in [0.4, 0.5) is 18.3 Å². The summed E-state index contributed by atoms with van der Waals surface area (Å²) in [5.74, 6) is 0.297. The second-order valence-corrected chi connectivity index (χ2v) is 6.38. The number of aliphatic hydroxyl groups is 1. The molecule has 3 nitrogen and oxygen atoms in total. The molecule has 0 bridgehead atoms. The number of halogens is 3. The van der Waals surface area contributed by atoms with E-state index in [9.17, 15) is 18.3 Å². The molecule has 0 radical (unpaired) electrons. The highest BCUT2D eigenvalue weighted by Gasteiger charge is 2.48. The first-order valence-corrected chi connectivity index (χ1v) is 7.20. The first-order chi connectivity index (χ1) is 8.88. The van der Waals surface area contributed by atoms with Crippen LogP contribution >= 0.6 is 11.3 Å². The van der Waals surface area contributed by atoms with E-state index in [-0.39, 0.29) is 0 Å². The zero-order chi connectivity index (χ0) is 13.7. The largest absolute Gasteiger partial charge is 0.427 e. The third-order valence-corrected chi connectivity index (χ3v) is 5.16. The summed E-state index contributed by atoms with van der Waals surface area (Å²) in [6, 6.07) is 0. The zero-order valence-electron chi connectivity index (χ0n) is 10.3. The molecule has 2 fully saturated rings. The summed E-state index contributed by atoms with van der Waals surface area (Å²) in [5.41, 5.74) is -0.480. The number of nitrogens with zero attached hydrogens (tertiary/aromatic N) is 2. The Labute approximate surface area is 113 Å². The van der Waals surface area contributed by atoms with E-state index in [0.29, 0.717) is 35.5 Å². The fourth-order valence-electron chi connectivity index (χ4n) is 2.69. The normalized spacial score (nSPS) is 23.7. The molecule has 7 heteroatoms. The van der Waals surface area contributed by atoms with Gasteiger partial charge in [0.1, 0.15) is 4.88 Å². The van der Waals surface area contributed by atoms with Gasteiger partial charge in [0, 0.05) is 13.1 Å². The van der Waals surface area contributed by atoms with Gasteiger partial charge in [-0.25, -0.2) is 4.98 Å². The molecule has 0 atom stereocenters. The standard InChI is InChI=1S/C12H15F3N2OS/c13-12(14,15)9-7-16-10(19-9)17-5-1-8(2-6-17)11(18)3-4-11/h7-8,18H,1-6H2. The fourth-order valence-corrected chi connectivity index (χ4v) is 3.52. The number of hydrogen-bond acceptors (Lipinski definition) is 4. The summed E-state index contributed by atoms with van der Waals surface area (Å²) in [5, 5.41) is 10.5. The average Bonchev–Trinajstić information content (AvgIpc) is 2.93. The highest BCUT2D eigenvalue weighted by atomic mass is 32.1. The van der Waals surface area contributed by atoms with Gasteiger partial charge in [0.05, 0.1) is 11.8 Å². The van der Waals surface area contributed by atoms with Crippen LogP contribution in [0.25, 0.3) is 0 Å². The van der Waals surface area contributed by atoms with Crippen LogP contribution in [0.15, 0.2) is 6.20 Å². The predicted molar refractivity (Wildman–Crippen MR) is 66.2 cm³/mol. The van der Waals surface area contributed by atoms with Crippen LogP contribution in [0.2, 0.25) is 0 Å². The Morgan fingerprint density at radius 2 is 1.95 bits per heavy atom. The van der Waals surface area contributed by atoms with Gasteiger partial charge in [-0.15, -0.1) is 0 Å². The lowest BCUT2D eigenvalue weighted by molar-refractivity contribution is -0.134. The molecule has 0 aromatic carbocycles.